The molecule has 3 heteroatoms. The van der Waals surface area contributed by atoms with Gasteiger partial charge in [-0.15, -0.1) is 0 Å². The van der Waals surface area contributed by atoms with Crippen LogP contribution < -0.4 is 0 Å². The average Bonchev–Trinajstić information content (AvgIpc) is 3.67. The number of benzene rings is 8. The summed E-state index contributed by atoms with van der Waals surface area (Å²) in [6.45, 7) is 0. The zero-order chi connectivity index (χ0) is 32.1. The molecule has 11 rings (SSSR count). The Balaban J connectivity index is 1.17. The highest BCUT2D eigenvalue weighted by atomic mass is 15.0. The van der Waals surface area contributed by atoms with Crippen molar-refractivity contribution in [2.75, 3.05) is 0 Å². The quantitative estimate of drug-likeness (QED) is 0.196. The van der Waals surface area contributed by atoms with E-state index in [0.717, 1.165) is 39.2 Å². The number of nitrogens with zero attached hydrogens (tertiary/aromatic N) is 3. The predicted molar refractivity (Wildman–Crippen MR) is 204 cm³/mol. The van der Waals surface area contributed by atoms with Crippen LogP contribution in [0.15, 0.2) is 164 Å². The largest absolute Gasteiger partial charge is 0.309 e. The topological polar surface area (TPSA) is 30.7 Å². The molecule has 1 aliphatic carbocycles. The summed E-state index contributed by atoms with van der Waals surface area (Å²) in [5, 5.41) is 8.67. The molecule has 10 aromatic rings. The summed E-state index contributed by atoms with van der Waals surface area (Å²) < 4.78 is 2.46. The fourth-order valence-electron chi connectivity index (χ4n) is 8.10. The highest BCUT2D eigenvalue weighted by molar-refractivity contribution is 6.28. The Bertz CT molecular complexity index is 2970. The third-order valence-electron chi connectivity index (χ3n) is 10.3. The lowest BCUT2D eigenvalue weighted by Crippen LogP contribution is -1.97. The maximum Gasteiger partial charge on any atom is 0.160 e. The van der Waals surface area contributed by atoms with E-state index >= 15 is 0 Å². The van der Waals surface area contributed by atoms with Crippen molar-refractivity contribution in [3.8, 4) is 50.6 Å². The molecule has 0 N–H and O–H groups in total. The summed E-state index contributed by atoms with van der Waals surface area (Å²) >= 11 is 0. The number of hydrogen-bond donors (Lipinski definition) is 0. The smallest absolute Gasteiger partial charge is 0.160 e. The molecule has 2 aromatic heterocycles. The molecule has 0 aliphatic heterocycles. The highest BCUT2D eigenvalue weighted by Gasteiger charge is 2.25. The van der Waals surface area contributed by atoms with Crippen LogP contribution in [0.2, 0.25) is 0 Å². The first-order valence-electron chi connectivity index (χ1n) is 16.8. The molecule has 0 fully saturated rings. The van der Waals surface area contributed by atoms with Gasteiger partial charge in [0, 0.05) is 38.4 Å². The molecule has 1 aliphatic rings. The summed E-state index contributed by atoms with van der Waals surface area (Å²) in [6.07, 6.45) is 0. The molecular formula is C46H27N3. The van der Waals surface area contributed by atoms with Gasteiger partial charge in [0.15, 0.2) is 5.82 Å². The van der Waals surface area contributed by atoms with Crippen molar-refractivity contribution in [2.24, 2.45) is 0 Å². The van der Waals surface area contributed by atoms with E-state index in [0.29, 0.717) is 0 Å². The summed E-state index contributed by atoms with van der Waals surface area (Å²) in [7, 11) is 0. The molecule has 49 heavy (non-hydrogen) atoms. The molecule has 0 bridgehead atoms. The minimum absolute atomic E-state index is 0.723. The van der Waals surface area contributed by atoms with Crippen LogP contribution in [0.1, 0.15) is 0 Å². The normalized spacial score (nSPS) is 12.1. The Morgan fingerprint density at radius 1 is 0.408 bits per heavy atom. The second kappa shape index (κ2) is 9.96. The molecule has 0 unspecified atom stereocenters. The van der Waals surface area contributed by atoms with Gasteiger partial charge < -0.3 is 4.57 Å². The van der Waals surface area contributed by atoms with Gasteiger partial charge in [0.25, 0.3) is 0 Å². The third kappa shape index (κ3) is 3.78. The lowest BCUT2D eigenvalue weighted by molar-refractivity contribution is 1.18. The van der Waals surface area contributed by atoms with Gasteiger partial charge >= 0.3 is 0 Å². The number of hydrogen-bond acceptors (Lipinski definition) is 2. The maximum atomic E-state index is 5.14. The zero-order valence-electron chi connectivity index (χ0n) is 26.4. The summed E-state index contributed by atoms with van der Waals surface area (Å²) in [6, 6.07) is 58.9. The molecule has 0 atom stereocenters. The van der Waals surface area contributed by atoms with Crippen LogP contribution in [-0.4, -0.2) is 14.5 Å². The first-order valence-corrected chi connectivity index (χ1v) is 16.8. The molecule has 226 valence electrons. The monoisotopic (exact) mass is 621 g/mol. The minimum Gasteiger partial charge on any atom is -0.309 e. The Labute approximate surface area is 282 Å². The van der Waals surface area contributed by atoms with Crippen LogP contribution in [0.4, 0.5) is 0 Å². The van der Waals surface area contributed by atoms with Crippen molar-refractivity contribution in [1.82, 2.24) is 14.5 Å². The Morgan fingerprint density at radius 3 is 1.92 bits per heavy atom. The van der Waals surface area contributed by atoms with Crippen LogP contribution in [0.5, 0.6) is 0 Å². The molecule has 2 heterocycles. The van der Waals surface area contributed by atoms with Crippen molar-refractivity contribution in [2.45, 2.75) is 0 Å². The average molecular weight is 622 g/mol. The van der Waals surface area contributed by atoms with Crippen LogP contribution >= 0.6 is 0 Å². The van der Waals surface area contributed by atoms with Crippen LogP contribution in [0, 0.1) is 0 Å². The molecule has 0 saturated heterocycles. The van der Waals surface area contributed by atoms with E-state index < -0.39 is 0 Å². The zero-order valence-corrected chi connectivity index (χ0v) is 26.4. The summed E-state index contributed by atoms with van der Waals surface area (Å²) in [5.41, 5.74) is 12.8. The lowest BCUT2D eigenvalue weighted by Gasteiger charge is -2.13. The molecule has 0 radical (unpaired) electrons. The van der Waals surface area contributed by atoms with Crippen LogP contribution in [-0.2, 0) is 0 Å². The number of fused-ring (bicyclic) bond motifs is 9. The second-order valence-corrected chi connectivity index (χ2v) is 13.0. The molecular weight excluding hydrogens is 595 g/mol. The second-order valence-electron chi connectivity index (χ2n) is 13.0. The van der Waals surface area contributed by atoms with Gasteiger partial charge in [-0.1, -0.05) is 115 Å². The molecule has 8 aromatic carbocycles. The van der Waals surface area contributed by atoms with E-state index in [4.69, 9.17) is 9.97 Å². The van der Waals surface area contributed by atoms with Gasteiger partial charge in [-0.25, -0.2) is 9.97 Å². The number of rotatable bonds is 3. The number of aromatic nitrogens is 3. The van der Waals surface area contributed by atoms with Gasteiger partial charge in [-0.05, 0) is 86.9 Å². The van der Waals surface area contributed by atoms with Gasteiger partial charge in [0.1, 0.15) is 0 Å². The lowest BCUT2D eigenvalue weighted by atomic mass is 9.98. The summed E-state index contributed by atoms with van der Waals surface area (Å²) in [5.74, 6) is 0.723. The van der Waals surface area contributed by atoms with Gasteiger partial charge in [0.05, 0.1) is 22.2 Å². The van der Waals surface area contributed by atoms with Gasteiger partial charge in [0.2, 0.25) is 0 Å². The van der Waals surface area contributed by atoms with E-state index in [2.05, 4.69) is 156 Å². The molecule has 0 spiro atoms. The van der Waals surface area contributed by atoms with Gasteiger partial charge in [-0.2, -0.15) is 0 Å². The van der Waals surface area contributed by atoms with E-state index in [1.807, 2.05) is 12.1 Å². The highest BCUT2D eigenvalue weighted by Crippen LogP contribution is 2.51. The van der Waals surface area contributed by atoms with Crippen LogP contribution in [0.25, 0.3) is 105 Å². The van der Waals surface area contributed by atoms with Gasteiger partial charge in [-0.3, -0.25) is 0 Å². The Hall–Kier alpha value is -6.58. The van der Waals surface area contributed by atoms with Crippen molar-refractivity contribution in [3.63, 3.8) is 0 Å². The van der Waals surface area contributed by atoms with Crippen LogP contribution in [0.3, 0.4) is 0 Å². The molecule has 0 saturated carbocycles. The number of para-hydroxylation sites is 1. The first-order chi connectivity index (χ1) is 24.3. The first kappa shape index (κ1) is 26.5. The SMILES string of the molecule is c1ccc(-c2nc(-c3ccc(-n4c5cc6ccccc6cc5c5cc6c7c(cccc7c54)-c4ccccc4-6)cc3)nc3ccccc23)cc1. The Kier molecular flexibility index (Phi) is 5.38. The van der Waals surface area contributed by atoms with E-state index in [1.54, 1.807) is 0 Å². The van der Waals surface area contributed by atoms with Crippen molar-refractivity contribution < 1.29 is 0 Å². The fourth-order valence-corrected chi connectivity index (χ4v) is 8.10. The van der Waals surface area contributed by atoms with Crippen molar-refractivity contribution in [1.29, 1.82) is 0 Å². The maximum absolute atomic E-state index is 5.14. The Morgan fingerprint density at radius 2 is 1.08 bits per heavy atom. The van der Waals surface area contributed by atoms with Crippen molar-refractivity contribution in [3.05, 3.63) is 164 Å². The minimum atomic E-state index is 0.723. The third-order valence-corrected chi connectivity index (χ3v) is 10.3. The predicted octanol–water partition coefficient (Wildman–Crippen LogP) is 12.0. The summed E-state index contributed by atoms with van der Waals surface area (Å²) in [4.78, 5) is 10.2. The van der Waals surface area contributed by atoms with E-state index in [1.165, 1.54) is 65.6 Å². The van der Waals surface area contributed by atoms with Crippen molar-refractivity contribution >= 4 is 54.3 Å². The standard InChI is InChI=1S/C46H27N3/c1-2-11-28(12-3-1)44-36-17-8-9-20-41(36)47-46(48-44)29-21-23-32(24-22-29)49-42-26-31-14-5-4-13-30(31)25-38(42)40-27-39-34-16-7-6-15-33(34)35-18-10-19-37(43(35)39)45(40)49/h1-27H. The van der Waals surface area contributed by atoms with E-state index in [-0.39, 0.29) is 0 Å². The van der Waals surface area contributed by atoms with E-state index in [9.17, 15) is 0 Å². The molecule has 3 nitrogen and oxygen atoms in total. The fraction of sp³-hybridized carbons (Fsp3) is 0. The molecule has 0 amide bonds.